The molecule has 0 saturated heterocycles. The lowest BCUT2D eigenvalue weighted by Gasteiger charge is -2.20. The highest BCUT2D eigenvalue weighted by molar-refractivity contribution is 6.03. The Kier molecular flexibility index (Phi) is 6.19. The average molecular weight is 412 g/mol. The Labute approximate surface area is 173 Å². The van der Waals surface area contributed by atoms with E-state index < -0.39 is 36.0 Å². The maximum Gasteiger partial charge on any atom is 0.342 e. The number of hydrogen-bond donors (Lipinski definition) is 3. The van der Waals surface area contributed by atoms with Crippen LogP contribution in [0.4, 0.5) is 0 Å². The highest BCUT2D eigenvalue weighted by atomic mass is 16.5. The smallest absolute Gasteiger partial charge is 0.342 e. The molecule has 1 aromatic carbocycles. The van der Waals surface area contributed by atoms with E-state index >= 15 is 0 Å². The highest BCUT2D eigenvalue weighted by Crippen LogP contribution is 2.32. The Bertz CT molecular complexity index is 1050. The lowest BCUT2D eigenvalue weighted by atomic mass is 9.98. The molecule has 3 rings (SSSR count). The van der Waals surface area contributed by atoms with Crippen molar-refractivity contribution < 1.29 is 29.6 Å². The molecule has 30 heavy (non-hydrogen) atoms. The fourth-order valence-electron chi connectivity index (χ4n) is 3.33. The summed E-state index contributed by atoms with van der Waals surface area (Å²) >= 11 is 0. The summed E-state index contributed by atoms with van der Waals surface area (Å²) in [6.07, 6.45) is 4.96. The van der Waals surface area contributed by atoms with Crippen molar-refractivity contribution in [2.24, 2.45) is 13.0 Å². The number of aromatic hydroxyl groups is 1. The van der Waals surface area contributed by atoms with Crippen LogP contribution >= 0.6 is 0 Å². The standard InChI is InChI=1S/C22H24N2O6/c1-4-13-8-9-17(26)21(28)16(25)7-5-6-14-19(22(29)30-12(13)2)18(27)10-15-20(14)23-11-24(15)3/h4-6,8-13,16,21,25,27-28H,1,7H2,2-3H3/b6-5+,9-8-/t12-,13+,16-,21?/m0/s1. The molecule has 0 fully saturated rings. The molecular formula is C22H24N2O6. The Morgan fingerprint density at radius 1 is 1.30 bits per heavy atom. The van der Waals surface area contributed by atoms with Gasteiger partial charge in [0.1, 0.15) is 23.5 Å². The minimum atomic E-state index is -1.60. The minimum absolute atomic E-state index is 0.0551. The van der Waals surface area contributed by atoms with Gasteiger partial charge in [0, 0.05) is 24.6 Å². The summed E-state index contributed by atoms with van der Waals surface area (Å²) in [7, 11) is 1.75. The van der Waals surface area contributed by atoms with E-state index in [0.717, 1.165) is 6.08 Å². The molecule has 0 saturated carbocycles. The molecule has 0 radical (unpaired) electrons. The van der Waals surface area contributed by atoms with Crippen molar-refractivity contribution in [2.75, 3.05) is 0 Å². The number of aryl methyl sites for hydroxylation is 1. The van der Waals surface area contributed by atoms with E-state index in [1.165, 1.54) is 30.4 Å². The van der Waals surface area contributed by atoms with Crippen LogP contribution in [-0.4, -0.2) is 54.9 Å². The van der Waals surface area contributed by atoms with Crippen molar-refractivity contribution in [1.29, 1.82) is 0 Å². The number of ketones is 1. The second-order valence-corrected chi connectivity index (χ2v) is 7.24. The number of ether oxygens (including phenoxy) is 1. The summed E-state index contributed by atoms with van der Waals surface area (Å²) in [6.45, 7) is 5.31. The van der Waals surface area contributed by atoms with E-state index in [1.807, 2.05) is 0 Å². The molecule has 1 aliphatic rings. The SMILES string of the molecule is C=C[C@@H]1/C=C\C(=O)C(O)[C@@H](O)C/C=C/c2c(c(O)cc3c2ncn3C)C(=O)O[C@H]1C. The third-order valence-electron chi connectivity index (χ3n) is 5.15. The van der Waals surface area contributed by atoms with Crippen LogP contribution in [0.15, 0.2) is 43.3 Å². The molecule has 0 amide bonds. The van der Waals surface area contributed by atoms with Crippen molar-refractivity contribution in [3.63, 3.8) is 0 Å². The van der Waals surface area contributed by atoms with Crippen LogP contribution in [0.5, 0.6) is 5.75 Å². The average Bonchev–Trinajstić information content (AvgIpc) is 3.07. The van der Waals surface area contributed by atoms with E-state index in [-0.39, 0.29) is 17.7 Å². The van der Waals surface area contributed by atoms with Gasteiger partial charge in [-0.25, -0.2) is 9.78 Å². The summed E-state index contributed by atoms with van der Waals surface area (Å²) in [5.74, 6) is -2.21. The summed E-state index contributed by atoms with van der Waals surface area (Å²) in [4.78, 5) is 29.4. The van der Waals surface area contributed by atoms with Gasteiger partial charge in [0.15, 0.2) is 5.78 Å². The Hall–Kier alpha value is -3.23. The van der Waals surface area contributed by atoms with Crippen LogP contribution in [0.3, 0.4) is 0 Å². The van der Waals surface area contributed by atoms with Crippen LogP contribution in [0.25, 0.3) is 17.1 Å². The largest absolute Gasteiger partial charge is 0.507 e. The second kappa shape index (κ2) is 8.64. The van der Waals surface area contributed by atoms with Gasteiger partial charge in [0.25, 0.3) is 0 Å². The van der Waals surface area contributed by atoms with E-state index in [0.29, 0.717) is 16.6 Å². The van der Waals surface area contributed by atoms with Crippen molar-refractivity contribution >= 4 is 28.9 Å². The molecule has 2 aromatic rings. The number of carbonyl (C=O) groups is 2. The number of aliphatic hydroxyl groups is 2. The number of phenolic OH excluding ortho intramolecular Hbond substituents is 1. The number of esters is 1. The molecule has 1 unspecified atom stereocenters. The quantitative estimate of drug-likeness (QED) is 0.483. The van der Waals surface area contributed by atoms with E-state index in [2.05, 4.69) is 11.6 Å². The Morgan fingerprint density at radius 2 is 2.03 bits per heavy atom. The van der Waals surface area contributed by atoms with Gasteiger partial charge in [0.05, 0.1) is 23.5 Å². The first kappa shape index (κ1) is 21.5. The van der Waals surface area contributed by atoms with E-state index in [9.17, 15) is 24.9 Å². The van der Waals surface area contributed by atoms with Crippen molar-refractivity contribution in [3.8, 4) is 5.75 Å². The van der Waals surface area contributed by atoms with Gasteiger partial charge in [0.2, 0.25) is 0 Å². The third kappa shape index (κ3) is 4.05. The zero-order valence-electron chi connectivity index (χ0n) is 16.7. The number of rotatable bonds is 1. The van der Waals surface area contributed by atoms with Crippen LogP contribution in [0.2, 0.25) is 0 Å². The summed E-state index contributed by atoms with van der Waals surface area (Å²) < 4.78 is 7.22. The monoisotopic (exact) mass is 412 g/mol. The van der Waals surface area contributed by atoms with Crippen LogP contribution in [-0.2, 0) is 16.6 Å². The first-order valence-electron chi connectivity index (χ1n) is 9.49. The number of fused-ring (bicyclic) bond motifs is 3. The molecule has 1 aliphatic heterocycles. The number of imidazole rings is 1. The summed E-state index contributed by atoms with van der Waals surface area (Å²) in [6, 6.07) is 1.44. The predicted octanol–water partition coefficient (Wildman–Crippen LogP) is 1.89. The predicted molar refractivity (Wildman–Crippen MR) is 111 cm³/mol. The molecule has 0 bridgehead atoms. The van der Waals surface area contributed by atoms with Crippen LogP contribution < -0.4 is 0 Å². The Balaban J connectivity index is 2.16. The topological polar surface area (TPSA) is 122 Å². The Morgan fingerprint density at radius 3 is 2.73 bits per heavy atom. The maximum absolute atomic E-state index is 12.9. The van der Waals surface area contributed by atoms with Gasteiger partial charge in [-0.1, -0.05) is 24.3 Å². The number of carbonyl (C=O) groups excluding carboxylic acids is 2. The van der Waals surface area contributed by atoms with Gasteiger partial charge in [-0.05, 0) is 19.4 Å². The molecule has 158 valence electrons. The van der Waals surface area contributed by atoms with Gasteiger partial charge < -0.3 is 24.6 Å². The van der Waals surface area contributed by atoms with Crippen LogP contribution in [0.1, 0.15) is 29.3 Å². The lowest BCUT2D eigenvalue weighted by Crippen LogP contribution is -2.32. The molecule has 3 N–H and O–H groups in total. The zero-order valence-corrected chi connectivity index (χ0v) is 16.7. The first-order chi connectivity index (χ1) is 14.2. The molecule has 8 nitrogen and oxygen atoms in total. The highest BCUT2D eigenvalue weighted by Gasteiger charge is 2.27. The van der Waals surface area contributed by atoms with Crippen molar-refractivity contribution in [1.82, 2.24) is 9.55 Å². The van der Waals surface area contributed by atoms with Crippen molar-refractivity contribution in [3.05, 3.63) is 54.4 Å². The number of cyclic esters (lactones) is 1. The minimum Gasteiger partial charge on any atom is -0.507 e. The number of aliphatic hydroxyl groups excluding tert-OH is 2. The molecule has 2 heterocycles. The molecule has 8 heteroatoms. The number of phenols is 1. The molecule has 0 aliphatic carbocycles. The van der Waals surface area contributed by atoms with Crippen LogP contribution in [0, 0.1) is 5.92 Å². The second-order valence-electron chi connectivity index (χ2n) is 7.24. The fraction of sp³-hybridized carbons (Fsp3) is 0.318. The van der Waals surface area contributed by atoms with Gasteiger partial charge >= 0.3 is 5.97 Å². The lowest BCUT2D eigenvalue weighted by molar-refractivity contribution is -0.127. The maximum atomic E-state index is 12.9. The normalized spacial score (nSPS) is 27.7. The van der Waals surface area contributed by atoms with Gasteiger partial charge in [-0.2, -0.15) is 0 Å². The summed E-state index contributed by atoms with van der Waals surface area (Å²) in [5, 5.41) is 30.8. The fourth-order valence-corrected chi connectivity index (χ4v) is 3.33. The van der Waals surface area contributed by atoms with E-state index in [1.54, 1.807) is 24.9 Å². The van der Waals surface area contributed by atoms with Gasteiger partial charge in [-0.3, -0.25) is 4.79 Å². The number of benzene rings is 1. The molecular weight excluding hydrogens is 388 g/mol. The number of nitrogens with zero attached hydrogens (tertiary/aromatic N) is 2. The number of aromatic nitrogens is 2. The first-order valence-corrected chi connectivity index (χ1v) is 9.49. The molecule has 4 atom stereocenters. The van der Waals surface area contributed by atoms with Crippen molar-refractivity contribution in [2.45, 2.75) is 31.7 Å². The van der Waals surface area contributed by atoms with Gasteiger partial charge in [-0.15, -0.1) is 6.58 Å². The zero-order chi connectivity index (χ0) is 22.0. The van der Waals surface area contributed by atoms with E-state index in [4.69, 9.17) is 4.74 Å². The summed E-state index contributed by atoms with van der Waals surface area (Å²) in [5.41, 5.74) is 1.32. The molecule has 0 spiro atoms. The molecule has 1 aromatic heterocycles. The third-order valence-corrected chi connectivity index (χ3v) is 5.15. The number of hydrogen-bond acceptors (Lipinski definition) is 7.